The number of aryl methyl sites for hydroxylation is 1. The topological polar surface area (TPSA) is 74.7 Å². The molecular formula is C11H11ClN4O. The lowest BCUT2D eigenvalue weighted by Gasteiger charge is -2.07. The number of hydrogen-bond donors (Lipinski definition) is 1. The Morgan fingerprint density at radius 1 is 1.65 bits per heavy atom. The van der Waals surface area contributed by atoms with Crippen LogP contribution in [-0.2, 0) is 0 Å². The molecule has 5 nitrogen and oxygen atoms in total. The molecular weight excluding hydrogens is 240 g/mol. The van der Waals surface area contributed by atoms with Crippen LogP contribution in [0.3, 0.4) is 0 Å². The minimum atomic E-state index is -0.106. The Labute approximate surface area is 103 Å². The van der Waals surface area contributed by atoms with E-state index < -0.39 is 0 Å². The van der Waals surface area contributed by atoms with Crippen molar-refractivity contribution in [1.29, 1.82) is 5.26 Å². The fourth-order valence-corrected chi connectivity index (χ4v) is 1.68. The molecule has 0 aliphatic rings. The lowest BCUT2D eigenvalue weighted by molar-refractivity contribution is 0.450. The van der Waals surface area contributed by atoms with Crippen LogP contribution < -0.4 is 5.32 Å². The zero-order valence-corrected chi connectivity index (χ0v) is 10.2. The van der Waals surface area contributed by atoms with Crippen LogP contribution in [0.15, 0.2) is 10.6 Å². The molecule has 0 bridgehead atoms. The van der Waals surface area contributed by atoms with Crippen molar-refractivity contribution in [3.8, 4) is 6.07 Å². The zero-order valence-electron chi connectivity index (χ0n) is 9.49. The summed E-state index contributed by atoms with van der Waals surface area (Å²) in [7, 11) is 0. The van der Waals surface area contributed by atoms with Gasteiger partial charge in [0.25, 0.3) is 0 Å². The Balaban J connectivity index is 2.38. The highest BCUT2D eigenvalue weighted by molar-refractivity contribution is 6.30. The van der Waals surface area contributed by atoms with Crippen LogP contribution in [0, 0.1) is 24.2 Å². The first-order valence-corrected chi connectivity index (χ1v) is 5.55. The summed E-state index contributed by atoms with van der Waals surface area (Å²) in [5.74, 6) is 0.499. The Morgan fingerprint density at radius 2 is 2.41 bits per heavy atom. The van der Waals surface area contributed by atoms with Gasteiger partial charge >= 0.3 is 0 Å². The highest BCUT2D eigenvalue weighted by atomic mass is 35.5. The molecule has 0 saturated carbocycles. The van der Waals surface area contributed by atoms with Crippen LogP contribution >= 0.6 is 11.6 Å². The van der Waals surface area contributed by atoms with Crippen LogP contribution in [0.5, 0.6) is 0 Å². The molecule has 0 spiro atoms. The lowest BCUT2D eigenvalue weighted by atomic mass is 10.2. The average molecular weight is 251 g/mol. The van der Waals surface area contributed by atoms with Gasteiger partial charge in [0, 0.05) is 12.6 Å². The van der Waals surface area contributed by atoms with E-state index in [4.69, 9.17) is 21.4 Å². The first kappa shape index (κ1) is 11.7. The molecule has 1 unspecified atom stereocenters. The first-order chi connectivity index (χ1) is 8.11. The summed E-state index contributed by atoms with van der Waals surface area (Å²) in [6.45, 7) is 4.17. The van der Waals surface area contributed by atoms with Gasteiger partial charge in [-0.25, -0.2) is 4.98 Å². The molecule has 2 aromatic heterocycles. The van der Waals surface area contributed by atoms with E-state index in [0.29, 0.717) is 23.1 Å². The van der Waals surface area contributed by atoms with Crippen LogP contribution in [-0.4, -0.2) is 16.7 Å². The number of nitrogens with one attached hydrogen (secondary N) is 1. The second-order valence-corrected chi connectivity index (χ2v) is 4.23. The van der Waals surface area contributed by atoms with Gasteiger partial charge in [-0.2, -0.15) is 5.26 Å². The molecule has 2 heterocycles. The quantitative estimate of drug-likeness (QED) is 0.848. The van der Waals surface area contributed by atoms with Gasteiger partial charge in [0.15, 0.2) is 5.58 Å². The van der Waals surface area contributed by atoms with Gasteiger partial charge in [-0.05, 0) is 13.8 Å². The molecule has 0 aliphatic heterocycles. The second-order valence-electron chi connectivity index (χ2n) is 3.85. The fourth-order valence-electron chi connectivity index (χ4n) is 1.50. The highest BCUT2D eigenvalue weighted by Crippen LogP contribution is 2.27. The smallest absolute Gasteiger partial charge is 0.173 e. The van der Waals surface area contributed by atoms with Crippen molar-refractivity contribution in [2.45, 2.75) is 13.8 Å². The highest BCUT2D eigenvalue weighted by Gasteiger charge is 2.13. The van der Waals surface area contributed by atoms with Crippen molar-refractivity contribution in [1.82, 2.24) is 10.1 Å². The normalized spacial score (nSPS) is 12.4. The molecule has 0 saturated heterocycles. The summed E-state index contributed by atoms with van der Waals surface area (Å²) in [6.07, 6.45) is 0. The number of anilines is 1. The molecule has 2 aromatic rings. The van der Waals surface area contributed by atoms with Gasteiger partial charge < -0.3 is 9.84 Å². The van der Waals surface area contributed by atoms with Crippen molar-refractivity contribution in [3.63, 3.8) is 0 Å². The van der Waals surface area contributed by atoms with Crippen molar-refractivity contribution in [2.24, 2.45) is 5.92 Å². The molecule has 2 rings (SSSR count). The maximum Gasteiger partial charge on any atom is 0.173 e. The van der Waals surface area contributed by atoms with Crippen molar-refractivity contribution in [3.05, 3.63) is 16.9 Å². The molecule has 6 heteroatoms. The summed E-state index contributed by atoms with van der Waals surface area (Å²) in [5.41, 5.74) is 1.34. The number of rotatable bonds is 3. The Morgan fingerprint density at radius 3 is 3.12 bits per heavy atom. The Hall–Kier alpha value is -1.80. The second kappa shape index (κ2) is 4.60. The van der Waals surface area contributed by atoms with Crippen LogP contribution in [0.25, 0.3) is 11.0 Å². The summed E-state index contributed by atoms with van der Waals surface area (Å²) >= 11 is 5.88. The number of nitrogens with zero attached hydrogens (tertiary/aromatic N) is 3. The molecule has 17 heavy (non-hydrogen) atoms. The summed E-state index contributed by atoms with van der Waals surface area (Å²) < 4.78 is 5.12. The van der Waals surface area contributed by atoms with Gasteiger partial charge in [0.05, 0.1) is 23.1 Å². The van der Waals surface area contributed by atoms with E-state index >= 15 is 0 Å². The van der Waals surface area contributed by atoms with Crippen molar-refractivity contribution in [2.75, 3.05) is 11.9 Å². The van der Waals surface area contributed by atoms with E-state index in [0.717, 1.165) is 11.1 Å². The standard InChI is InChI=1S/C11H11ClN4O/c1-6(4-13)5-14-11-10-7(2)16-17-8(10)3-9(12)15-11/h3,6H,5H2,1-2H3,(H,14,15). The molecule has 0 fully saturated rings. The van der Waals surface area contributed by atoms with E-state index in [1.807, 2.05) is 13.8 Å². The first-order valence-electron chi connectivity index (χ1n) is 5.18. The predicted molar refractivity (Wildman–Crippen MR) is 64.8 cm³/mol. The largest absolute Gasteiger partial charge is 0.368 e. The fraction of sp³-hybridized carbons (Fsp3) is 0.364. The number of pyridine rings is 1. The SMILES string of the molecule is Cc1noc2cc(Cl)nc(NCC(C)C#N)c12. The Kier molecular flexibility index (Phi) is 3.16. The molecule has 88 valence electrons. The molecule has 0 amide bonds. The molecule has 1 atom stereocenters. The van der Waals surface area contributed by atoms with E-state index in [2.05, 4.69) is 21.5 Å². The third-order valence-electron chi connectivity index (χ3n) is 2.39. The van der Waals surface area contributed by atoms with Gasteiger partial charge in [0.2, 0.25) is 0 Å². The minimum Gasteiger partial charge on any atom is -0.368 e. The maximum atomic E-state index is 8.73. The summed E-state index contributed by atoms with van der Waals surface area (Å²) in [5, 5.41) is 16.8. The molecule has 0 aromatic carbocycles. The van der Waals surface area contributed by atoms with E-state index in [1.54, 1.807) is 6.07 Å². The number of fused-ring (bicyclic) bond motifs is 1. The monoisotopic (exact) mass is 250 g/mol. The number of halogens is 1. The van der Waals surface area contributed by atoms with Gasteiger partial charge in [-0.1, -0.05) is 16.8 Å². The third kappa shape index (κ3) is 2.32. The van der Waals surface area contributed by atoms with E-state index in [9.17, 15) is 0 Å². The molecule has 0 radical (unpaired) electrons. The summed E-state index contributed by atoms with van der Waals surface area (Å²) in [6, 6.07) is 3.76. The van der Waals surface area contributed by atoms with Crippen LogP contribution in [0.4, 0.5) is 5.82 Å². The van der Waals surface area contributed by atoms with E-state index in [-0.39, 0.29) is 5.92 Å². The lowest BCUT2D eigenvalue weighted by Crippen LogP contribution is -2.10. The number of nitriles is 1. The maximum absolute atomic E-state index is 8.73. The van der Waals surface area contributed by atoms with Gasteiger partial charge in [0.1, 0.15) is 11.0 Å². The number of hydrogen-bond acceptors (Lipinski definition) is 5. The van der Waals surface area contributed by atoms with Crippen LogP contribution in [0.1, 0.15) is 12.6 Å². The van der Waals surface area contributed by atoms with E-state index in [1.165, 1.54) is 0 Å². The Bertz CT molecular complexity index is 587. The van der Waals surface area contributed by atoms with Gasteiger partial charge in [-0.3, -0.25) is 0 Å². The minimum absolute atomic E-state index is 0.106. The summed E-state index contributed by atoms with van der Waals surface area (Å²) in [4.78, 5) is 4.19. The zero-order chi connectivity index (χ0) is 12.4. The average Bonchev–Trinajstić information content (AvgIpc) is 2.67. The molecule has 1 N–H and O–H groups in total. The third-order valence-corrected chi connectivity index (χ3v) is 2.58. The van der Waals surface area contributed by atoms with Gasteiger partial charge in [-0.15, -0.1) is 0 Å². The molecule has 0 aliphatic carbocycles. The number of aromatic nitrogens is 2. The van der Waals surface area contributed by atoms with Crippen LogP contribution in [0.2, 0.25) is 5.15 Å². The van der Waals surface area contributed by atoms with Crippen molar-refractivity contribution < 1.29 is 4.52 Å². The van der Waals surface area contributed by atoms with Crippen molar-refractivity contribution >= 4 is 28.4 Å². The predicted octanol–water partition coefficient (Wildman–Crippen LogP) is 2.76.